The summed E-state index contributed by atoms with van der Waals surface area (Å²) in [4.78, 5) is 48.2. The highest BCUT2D eigenvalue weighted by molar-refractivity contribution is 7.47. The number of esters is 3. The van der Waals surface area contributed by atoms with E-state index in [1.807, 2.05) is 18.2 Å². The number of hydrogen-bond donors (Lipinski definition) is 2. The predicted octanol–water partition coefficient (Wildman–Crippen LogP) is 14.4. The summed E-state index contributed by atoms with van der Waals surface area (Å²) < 4.78 is 39.2. The summed E-state index contributed by atoms with van der Waals surface area (Å²) in [5.74, 6) is -1.64. The van der Waals surface area contributed by atoms with Crippen molar-refractivity contribution in [1.82, 2.24) is 0 Å². The molecule has 0 bridgehead atoms. The van der Waals surface area contributed by atoms with Gasteiger partial charge >= 0.3 is 25.7 Å². The lowest BCUT2D eigenvalue weighted by Crippen LogP contribution is -2.30. The largest absolute Gasteiger partial charge is 0.472 e. The number of phosphoric acid groups is 1. The van der Waals surface area contributed by atoms with Crippen molar-refractivity contribution in [2.75, 3.05) is 26.4 Å². The van der Waals surface area contributed by atoms with Gasteiger partial charge in [0.25, 0.3) is 0 Å². The fourth-order valence-electron chi connectivity index (χ4n) is 6.47. The van der Waals surface area contributed by atoms with Crippen LogP contribution in [-0.4, -0.2) is 66.5 Å². The maximum absolute atomic E-state index is 12.8. The van der Waals surface area contributed by atoms with E-state index in [0.29, 0.717) is 19.3 Å². The smallest absolute Gasteiger partial charge is 0.462 e. The van der Waals surface area contributed by atoms with Crippen molar-refractivity contribution in [2.45, 2.75) is 213 Å². The quantitative estimate of drug-likeness (QED) is 0.0197. The van der Waals surface area contributed by atoms with Crippen LogP contribution in [0, 0.1) is 0 Å². The summed E-state index contributed by atoms with van der Waals surface area (Å²) in [6.45, 7) is 4.30. The third-order valence-electron chi connectivity index (χ3n) is 10.3. The van der Waals surface area contributed by atoms with E-state index in [4.69, 9.17) is 23.3 Å². The standard InChI is InChI=1S/C54H91O11P/c1-4-7-10-13-16-19-22-24-25-27-30-33-36-39-42-45-54(58)65-51(47-61-52(56)43-40-37-34-31-28-21-18-15-12-9-6-3)49-63-66(59,60)62-48-50(46-55)64-53(57)44-41-38-35-32-29-26-23-20-17-14-11-8-5-2/h7,10-11,14,16,19-20,23-25,30,33,39,42,50-51,55H,4-6,8-9,12-13,15,17-18,21-22,26-29,31-32,34-38,40-41,43-49H2,1-3H3,(H,59,60)/b10-7-,14-11-,19-16-,23-20-,25-24-,33-30-,42-39-. The number of unbranched alkanes of at least 4 members (excludes halogenated alkanes) is 16. The van der Waals surface area contributed by atoms with Gasteiger partial charge in [0.2, 0.25) is 0 Å². The van der Waals surface area contributed by atoms with Gasteiger partial charge in [-0.15, -0.1) is 0 Å². The van der Waals surface area contributed by atoms with Gasteiger partial charge in [0.05, 0.1) is 26.2 Å². The van der Waals surface area contributed by atoms with Crippen LogP contribution in [0.25, 0.3) is 0 Å². The molecule has 3 atom stereocenters. The Balaban J connectivity index is 4.87. The Kier molecular flexibility index (Phi) is 45.7. The van der Waals surface area contributed by atoms with Crippen molar-refractivity contribution in [3.05, 3.63) is 85.1 Å². The van der Waals surface area contributed by atoms with Gasteiger partial charge < -0.3 is 24.2 Å². The Morgan fingerprint density at radius 3 is 1.39 bits per heavy atom. The topological polar surface area (TPSA) is 155 Å². The first kappa shape index (κ1) is 62.7. The van der Waals surface area contributed by atoms with Gasteiger partial charge in [0.15, 0.2) is 6.10 Å². The molecule has 0 spiro atoms. The fourth-order valence-corrected chi connectivity index (χ4v) is 7.25. The number of carbonyl (C=O) groups is 3. The van der Waals surface area contributed by atoms with Crippen LogP contribution in [0.5, 0.6) is 0 Å². The maximum atomic E-state index is 12.8. The maximum Gasteiger partial charge on any atom is 0.472 e. The molecule has 0 saturated heterocycles. The highest BCUT2D eigenvalue weighted by atomic mass is 31.2. The lowest BCUT2D eigenvalue weighted by atomic mass is 10.1. The summed E-state index contributed by atoms with van der Waals surface area (Å²) in [6, 6.07) is 0. The first-order valence-corrected chi connectivity index (χ1v) is 27.0. The summed E-state index contributed by atoms with van der Waals surface area (Å²) in [5, 5.41) is 9.76. The number of ether oxygens (including phenoxy) is 3. The molecular formula is C54H91O11P. The van der Waals surface area contributed by atoms with Gasteiger partial charge in [-0.3, -0.25) is 23.4 Å². The lowest BCUT2D eigenvalue weighted by molar-refractivity contribution is -0.160. The van der Waals surface area contributed by atoms with Crippen LogP contribution in [0.4, 0.5) is 0 Å². The molecule has 0 aromatic rings. The normalized spacial score (nSPS) is 14.2. The Bertz CT molecular complexity index is 1430. The zero-order chi connectivity index (χ0) is 48.4. The molecular weight excluding hydrogens is 856 g/mol. The van der Waals surface area contributed by atoms with Crippen LogP contribution in [0.15, 0.2) is 85.1 Å². The number of hydrogen-bond acceptors (Lipinski definition) is 10. The number of carbonyl (C=O) groups excluding carboxylic acids is 3. The molecule has 0 aliphatic rings. The zero-order valence-corrected chi connectivity index (χ0v) is 42.3. The number of phosphoric ester groups is 1. The second-order valence-electron chi connectivity index (χ2n) is 16.6. The van der Waals surface area contributed by atoms with Crippen LogP contribution in [0.3, 0.4) is 0 Å². The second kappa shape index (κ2) is 48.1. The molecule has 0 radical (unpaired) electrons. The third-order valence-corrected chi connectivity index (χ3v) is 11.3. The number of rotatable bonds is 46. The average Bonchev–Trinajstić information content (AvgIpc) is 3.30. The molecule has 66 heavy (non-hydrogen) atoms. The highest BCUT2D eigenvalue weighted by Gasteiger charge is 2.28. The SMILES string of the molecule is CC/C=C\C/C=C\C/C=C\C/C=C\C/C=C\CC(=O)OC(COC(=O)CCCCCCCCCCCCC)COP(=O)(O)OCC(CO)OC(=O)CCCCCCC/C=C\C/C=C\CCC. The molecule has 0 aromatic carbocycles. The molecule has 0 aliphatic carbocycles. The number of aliphatic hydroxyl groups excluding tert-OH is 1. The number of aliphatic hydroxyl groups is 1. The molecule has 11 nitrogen and oxygen atoms in total. The van der Waals surface area contributed by atoms with E-state index in [9.17, 15) is 28.9 Å². The molecule has 2 N–H and O–H groups in total. The molecule has 0 amide bonds. The van der Waals surface area contributed by atoms with E-state index in [0.717, 1.165) is 96.3 Å². The van der Waals surface area contributed by atoms with Gasteiger partial charge in [0, 0.05) is 12.8 Å². The lowest BCUT2D eigenvalue weighted by Gasteiger charge is -2.21. The minimum absolute atomic E-state index is 0.0668. The van der Waals surface area contributed by atoms with Crippen LogP contribution in [0.2, 0.25) is 0 Å². The average molecular weight is 947 g/mol. The highest BCUT2D eigenvalue weighted by Crippen LogP contribution is 2.43. The monoisotopic (exact) mass is 947 g/mol. The van der Waals surface area contributed by atoms with E-state index in [-0.39, 0.29) is 25.9 Å². The van der Waals surface area contributed by atoms with E-state index < -0.39 is 57.8 Å². The van der Waals surface area contributed by atoms with Crippen LogP contribution in [-0.2, 0) is 42.2 Å². The summed E-state index contributed by atoms with van der Waals surface area (Å²) in [6.07, 6.45) is 53.0. The summed E-state index contributed by atoms with van der Waals surface area (Å²) >= 11 is 0. The van der Waals surface area contributed by atoms with Crippen LogP contribution >= 0.6 is 7.82 Å². The molecule has 0 heterocycles. The van der Waals surface area contributed by atoms with Gasteiger partial charge in [-0.1, -0.05) is 196 Å². The fraction of sp³-hybridized carbons (Fsp3) is 0.685. The molecule has 0 saturated carbocycles. The van der Waals surface area contributed by atoms with E-state index in [1.165, 1.54) is 44.9 Å². The van der Waals surface area contributed by atoms with Crippen molar-refractivity contribution >= 4 is 25.7 Å². The molecule has 378 valence electrons. The van der Waals surface area contributed by atoms with Gasteiger partial charge in [-0.05, 0) is 70.6 Å². The van der Waals surface area contributed by atoms with Crippen molar-refractivity contribution < 1.29 is 52.2 Å². The van der Waals surface area contributed by atoms with Crippen molar-refractivity contribution in [3.63, 3.8) is 0 Å². The Hall–Kier alpha value is -3.34. The molecule has 3 unspecified atom stereocenters. The van der Waals surface area contributed by atoms with Gasteiger partial charge in [-0.25, -0.2) is 4.57 Å². The van der Waals surface area contributed by atoms with Crippen LogP contribution < -0.4 is 0 Å². The number of allylic oxidation sites excluding steroid dienone is 13. The van der Waals surface area contributed by atoms with Crippen molar-refractivity contribution in [1.29, 1.82) is 0 Å². The minimum atomic E-state index is -4.77. The van der Waals surface area contributed by atoms with Crippen molar-refractivity contribution in [3.8, 4) is 0 Å². The predicted molar refractivity (Wildman–Crippen MR) is 270 cm³/mol. The van der Waals surface area contributed by atoms with E-state index in [1.54, 1.807) is 6.08 Å². The molecule has 0 aromatic heterocycles. The molecule has 0 rings (SSSR count). The third kappa shape index (κ3) is 45.8. The van der Waals surface area contributed by atoms with Gasteiger partial charge in [-0.2, -0.15) is 0 Å². The first-order chi connectivity index (χ1) is 32.2. The minimum Gasteiger partial charge on any atom is -0.462 e. The molecule has 12 heteroatoms. The summed E-state index contributed by atoms with van der Waals surface area (Å²) in [7, 11) is -4.77. The Morgan fingerprint density at radius 1 is 0.455 bits per heavy atom. The summed E-state index contributed by atoms with van der Waals surface area (Å²) in [5.41, 5.74) is 0. The Labute approximate surface area is 400 Å². The van der Waals surface area contributed by atoms with Gasteiger partial charge in [0.1, 0.15) is 12.7 Å². The van der Waals surface area contributed by atoms with Crippen molar-refractivity contribution in [2.24, 2.45) is 0 Å². The zero-order valence-electron chi connectivity index (χ0n) is 41.4. The first-order valence-electron chi connectivity index (χ1n) is 25.5. The second-order valence-corrected chi connectivity index (χ2v) is 18.1. The molecule has 0 aliphatic heterocycles. The van der Waals surface area contributed by atoms with E-state index in [2.05, 4.69) is 81.5 Å². The van der Waals surface area contributed by atoms with E-state index >= 15 is 0 Å². The Morgan fingerprint density at radius 2 is 0.879 bits per heavy atom. The molecule has 0 fully saturated rings. The van der Waals surface area contributed by atoms with Crippen LogP contribution in [0.1, 0.15) is 201 Å².